The molecule has 4 nitrogen and oxygen atoms in total. The molecule has 0 atom stereocenters. The minimum atomic E-state index is -3.55. The lowest BCUT2D eigenvalue weighted by atomic mass is 10.3. The average molecular weight is 440 g/mol. The van der Waals surface area contributed by atoms with Gasteiger partial charge >= 0.3 is 0 Å². The summed E-state index contributed by atoms with van der Waals surface area (Å²) in [5.41, 5.74) is 0.511. The molecular weight excluding hydrogens is 428 g/mol. The quantitative estimate of drug-likeness (QED) is 0.744. The highest BCUT2D eigenvalue weighted by molar-refractivity contribution is 9.11. The van der Waals surface area contributed by atoms with Gasteiger partial charge in [-0.05, 0) is 53.3 Å². The zero-order valence-corrected chi connectivity index (χ0v) is 15.3. The predicted octanol–water partition coefficient (Wildman–Crippen LogP) is 3.79. The summed E-state index contributed by atoms with van der Waals surface area (Å²) in [6, 6.07) is 8.70. The van der Waals surface area contributed by atoms with Crippen molar-refractivity contribution in [1.82, 2.24) is 5.32 Å². The zero-order chi connectivity index (χ0) is 14.8. The molecule has 2 aromatic rings. The second kappa shape index (κ2) is 6.57. The fraction of sp³-hybridized carbons (Fsp3) is 0.167. The Kier molecular flexibility index (Phi) is 5.25. The lowest BCUT2D eigenvalue weighted by Gasteiger charge is -2.08. The Morgan fingerprint density at radius 3 is 2.60 bits per heavy atom. The van der Waals surface area contributed by atoms with Crippen LogP contribution < -0.4 is 10.0 Å². The number of thiophene rings is 1. The highest BCUT2D eigenvalue weighted by atomic mass is 79.9. The maximum absolute atomic E-state index is 12.3. The molecule has 0 aliphatic heterocycles. The molecule has 0 saturated carbocycles. The van der Waals surface area contributed by atoms with Crippen LogP contribution in [0.1, 0.15) is 4.88 Å². The first kappa shape index (κ1) is 16.0. The van der Waals surface area contributed by atoms with Gasteiger partial charge in [0.15, 0.2) is 0 Å². The van der Waals surface area contributed by atoms with Crippen molar-refractivity contribution in [2.75, 3.05) is 11.8 Å². The van der Waals surface area contributed by atoms with Crippen LogP contribution in [0.15, 0.2) is 43.5 Å². The summed E-state index contributed by atoms with van der Waals surface area (Å²) in [5, 5.41) is 3.00. The Morgan fingerprint density at radius 2 is 1.95 bits per heavy atom. The maximum Gasteiger partial charge on any atom is 0.271 e. The van der Waals surface area contributed by atoms with Crippen LogP contribution >= 0.6 is 43.2 Å². The van der Waals surface area contributed by atoms with Crippen LogP contribution in [0.2, 0.25) is 0 Å². The van der Waals surface area contributed by atoms with Gasteiger partial charge in [0.2, 0.25) is 0 Å². The molecule has 1 aromatic carbocycles. The topological polar surface area (TPSA) is 58.2 Å². The molecule has 0 radical (unpaired) electrons. The summed E-state index contributed by atoms with van der Waals surface area (Å²) in [5.74, 6) is 0. The molecule has 0 amide bonds. The van der Waals surface area contributed by atoms with E-state index in [1.807, 2.05) is 13.1 Å². The fourth-order valence-corrected chi connectivity index (χ4v) is 5.26. The molecule has 8 heteroatoms. The molecule has 0 bridgehead atoms. The highest BCUT2D eigenvalue weighted by Crippen LogP contribution is 2.30. The summed E-state index contributed by atoms with van der Waals surface area (Å²) in [7, 11) is -1.73. The third kappa shape index (κ3) is 3.82. The normalized spacial score (nSPS) is 11.6. The van der Waals surface area contributed by atoms with Crippen molar-refractivity contribution < 1.29 is 8.42 Å². The third-order valence-electron chi connectivity index (χ3n) is 2.43. The number of sulfonamides is 1. The molecule has 1 aromatic heterocycles. The molecule has 0 fully saturated rings. The first-order valence-corrected chi connectivity index (χ1v) is 9.52. The minimum Gasteiger partial charge on any atom is -0.315 e. The van der Waals surface area contributed by atoms with Crippen molar-refractivity contribution in [3.8, 4) is 0 Å². The second-order valence-electron chi connectivity index (χ2n) is 3.98. The van der Waals surface area contributed by atoms with E-state index in [9.17, 15) is 8.42 Å². The number of rotatable bonds is 5. The Morgan fingerprint density at radius 1 is 1.20 bits per heavy atom. The highest BCUT2D eigenvalue weighted by Gasteiger charge is 2.18. The van der Waals surface area contributed by atoms with E-state index in [-0.39, 0.29) is 0 Å². The van der Waals surface area contributed by atoms with Crippen LogP contribution in [0.25, 0.3) is 0 Å². The molecule has 20 heavy (non-hydrogen) atoms. The lowest BCUT2D eigenvalue weighted by molar-refractivity contribution is 0.603. The van der Waals surface area contributed by atoms with E-state index in [2.05, 4.69) is 41.9 Å². The smallest absolute Gasteiger partial charge is 0.271 e. The van der Waals surface area contributed by atoms with Gasteiger partial charge in [-0.15, -0.1) is 11.3 Å². The minimum absolute atomic E-state index is 0.303. The fourth-order valence-electron chi connectivity index (χ4n) is 1.54. The van der Waals surface area contributed by atoms with Crippen LogP contribution in [0.5, 0.6) is 0 Å². The van der Waals surface area contributed by atoms with E-state index in [1.165, 1.54) is 11.3 Å². The second-order valence-corrected chi connectivity index (χ2v) is 8.83. The van der Waals surface area contributed by atoms with Gasteiger partial charge in [-0.1, -0.05) is 15.9 Å². The first-order valence-electron chi connectivity index (χ1n) is 5.63. The summed E-state index contributed by atoms with van der Waals surface area (Å²) in [4.78, 5) is 0.975. The van der Waals surface area contributed by atoms with Crippen molar-refractivity contribution >= 4 is 58.9 Å². The molecule has 0 unspecified atom stereocenters. The molecule has 0 aliphatic carbocycles. The van der Waals surface area contributed by atoms with Crippen molar-refractivity contribution in [1.29, 1.82) is 0 Å². The van der Waals surface area contributed by atoms with Crippen molar-refractivity contribution in [2.24, 2.45) is 0 Å². The molecular formula is C12H12Br2N2O2S2. The monoisotopic (exact) mass is 438 g/mol. The van der Waals surface area contributed by atoms with Gasteiger partial charge in [0.25, 0.3) is 10.0 Å². The zero-order valence-electron chi connectivity index (χ0n) is 10.5. The van der Waals surface area contributed by atoms with Gasteiger partial charge in [0, 0.05) is 20.4 Å². The summed E-state index contributed by atoms with van der Waals surface area (Å²) in [6.45, 7) is 0.655. The van der Waals surface area contributed by atoms with Crippen molar-refractivity contribution in [2.45, 2.75) is 10.8 Å². The Bertz CT molecular complexity index is 714. The molecule has 1 heterocycles. The molecule has 2 N–H and O–H groups in total. The van der Waals surface area contributed by atoms with Gasteiger partial charge < -0.3 is 5.32 Å². The van der Waals surface area contributed by atoms with Gasteiger partial charge in [0.05, 0.1) is 5.69 Å². The van der Waals surface area contributed by atoms with Crippen LogP contribution in [-0.4, -0.2) is 15.5 Å². The molecule has 0 saturated heterocycles. The molecule has 2 rings (SSSR count). The standard InChI is InChI=1S/C12H12Br2N2O2S2/c1-15-7-9-3-5-12(19-9)20(17,18)16-11-4-2-8(13)6-10(11)14/h2-6,15-16H,7H2,1H3. The van der Waals surface area contributed by atoms with E-state index < -0.39 is 10.0 Å². The predicted molar refractivity (Wildman–Crippen MR) is 89.7 cm³/mol. The van der Waals surface area contributed by atoms with Crippen molar-refractivity contribution in [3.63, 3.8) is 0 Å². The van der Waals surface area contributed by atoms with Crippen LogP contribution in [0, 0.1) is 0 Å². The van der Waals surface area contributed by atoms with Gasteiger partial charge in [-0.3, -0.25) is 4.72 Å². The van der Waals surface area contributed by atoms with Crippen LogP contribution in [-0.2, 0) is 16.6 Å². The van der Waals surface area contributed by atoms with E-state index >= 15 is 0 Å². The van der Waals surface area contributed by atoms with Crippen molar-refractivity contribution in [3.05, 3.63) is 44.2 Å². The SMILES string of the molecule is CNCc1ccc(S(=O)(=O)Nc2ccc(Br)cc2Br)s1. The Balaban J connectivity index is 2.26. The summed E-state index contributed by atoms with van der Waals surface area (Å²) < 4.78 is 29.0. The van der Waals surface area contributed by atoms with E-state index in [1.54, 1.807) is 24.3 Å². The number of hydrogen-bond donors (Lipinski definition) is 2. The number of nitrogens with one attached hydrogen (secondary N) is 2. The molecule has 0 aliphatic rings. The number of benzene rings is 1. The molecule has 108 valence electrons. The van der Waals surface area contributed by atoms with E-state index in [0.717, 1.165) is 9.35 Å². The van der Waals surface area contributed by atoms with E-state index in [0.29, 0.717) is 20.9 Å². The summed E-state index contributed by atoms with van der Waals surface area (Å²) >= 11 is 7.92. The number of anilines is 1. The summed E-state index contributed by atoms with van der Waals surface area (Å²) in [6.07, 6.45) is 0. The Hall–Kier alpha value is -0.410. The third-order valence-corrected chi connectivity index (χ3v) is 6.52. The first-order chi connectivity index (χ1) is 9.42. The maximum atomic E-state index is 12.3. The lowest BCUT2D eigenvalue weighted by Crippen LogP contribution is -2.11. The van der Waals surface area contributed by atoms with Gasteiger partial charge in [-0.2, -0.15) is 0 Å². The van der Waals surface area contributed by atoms with Crippen LogP contribution in [0.4, 0.5) is 5.69 Å². The Labute approximate surface area is 138 Å². The van der Waals surface area contributed by atoms with Crippen LogP contribution in [0.3, 0.4) is 0 Å². The number of hydrogen-bond acceptors (Lipinski definition) is 4. The van der Waals surface area contributed by atoms with Gasteiger partial charge in [-0.25, -0.2) is 8.42 Å². The largest absolute Gasteiger partial charge is 0.315 e. The average Bonchev–Trinajstić information content (AvgIpc) is 2.83. The van der Waals surface area contributed by atoms with E-state index in [4.69, 9.17) is 0 Å². The van der Waals surface area contributed by atoms with Gasteiger partial charge in [0.1, 0.15) is 4.21 Å². The number of halogens is 2. The molecule has 0 spiro atoms.